The number of carbonyl (C=O) groups is 1. The molecule has 0 bridgehead atoms. The summed E-state index contributed by atoms with van der Waals surface area (Å²) in [6.45, 7) is 4.21. The summed E-state index contributed by atoms with van der Waals surface area (Å²) in [7, 11) is -1.15. The second-order valence-electron chi connectivity index (χ2n) is 6.67. The van der Waals surface area contributed by atoms with Crippen molar-refractivity contribution in [1.82, 2.24) is 19.7 Å². The molecule has 2 aromatic rings. The molecule has 0 spiro atoms. The van der Waals surface area contributed by atoms with Crippen LogP contribution in [0.25, 0.3) is 11.4 Å². The molecule has 9 heteroatoms. The number of rotatable bonds is 6. The Morgan fingerprint density at radius 1 is 1.33 bits per heavy atom. The molecular formula is C18H24N4O3S2. The summed E-state index contributed by atoms with van der Waals surface area (Å²) in [5.74, 6) is 0.902. The van der Waals surface area contributed by atoms with Gasteiger partial charge in [-0.15, -0.1) is 10.2 Å². The quantitative estimate of drug-likeness (QED) is 0.680. The van der Waals surface area contributed by atoms with Crippen LogP contribution in [-0.4, -0.2) is 63.3 Å². The third-order valence-electron chi connectivity index (χ3n) is 4.77. The Labute approximate surface area is 164 Å². The van der Waals surface area contributed by atoms with Gasteiger partial charge in [-0.1, -0.05) is 42.1 Å². The zero-order chi connectivity index (χ0) is 19.6. The van der Waals surface area contributed by atoms with E-state index in [0.717, 1.165) is 11.4 Å². The van der Waals surface area contributed by atoms with Crippen LogP contribution in [-0.2, 0) is 21.7 Å². The summed E-state index contributed by atoms with van der Waals surface area (Å²) < 4.78 is 25.4. The summed E-state index contributed by atoms with van der Waals surface area (Å²) in [6.07, 6.45) is 0.515. The van der Waals surface area contributed by atoms with Gasteiger partial charge in [0.25, 0.3) is 0 Å². The molecule has 0 N–H and O–H groups in total. The first kappa shape index (κ1) is 19.9. The summed E-state index contributed by atoms with van der Waals surface area (Å²) in [5, 5.41) is 8.76. The minimum Gasteiger partial charge on any atom is -0.338 e. The van der Waals surface area contributed by atoms with Crippen molar-refractivity contribution in [3.63, 3.8) is 0 Å². The summed E-state index contributed by atoms with van der Waals surface area (Å²) in [4.78, 5) is 14.6. The van der Waals surface area contributed by atoms with E-state index >= 15 is 0 Å². The molecule has 3 rings (SSSR count). The molecule has 1 saturated heterocycles. The lowest BCUT2D eigenvalue weighted by atomic mass is 10.2. The van der Waals surface area contributed by atoms with E-state index < -0.39 is 9.84 Å². The first-order valence-corrected chi connectivity index (χ1v) is 11.6. The molecule has 27 heavy (non-hydrogen) atoms. The maximum absolute atomic E-state index is 12.9. The largest absolute Gasteiger partial charge is 0.338 e. The average molecular weight is 409 g/mol. The minimum atomic E-state index is -3.03. The Morgan fingerprint density at radius 3 is 2.63 bits per heavy atom. The second-order valence-corrected chi connectivity index (χ2v) is 10.2. The van der Waals surface area contributed by atoms with E-state index in [0.29, 0.717) is 18.1 Å². The first-order chi connectivity index (χ1) is 12.8. The van der Waals surface area contributed by atoms with Crippen molar-refractivity contribution in [3.8, 4) is 11.4 Å². The van der Waals surface area contributed by atoms with Gasteiger partial charge in [0, 0.05) is 25.2 Å². The van der Waals surface area contributed by atoms with E-state index in [9.17, 15) is 13.2 Å². The normalized spacial score (nSPS) is 19.7. The number of carbonyl (C=O) groups excluding carboxylic acids is 1. The monoisotopic (exact) mass is 408 g/mol. The predicted octanol–water partition coefficient (Wildman–Crippen LogP) is 2.00. The SMILES string of the molecule is CCN(C(=O)[C@@H](C)Sc1nnc(-c2ccccc2)n1C)[C@@H]1CCS(=O)(=O)C1. The number of aromatic nitrogens is 3. The fourth-order valence-corrected chi connectivity index (χ4v) is 5.93. The van der Waals surface area contributed by atoms with Gasteiger partial charge >= 0.3 is 0 Å². The number of nitrogens with zero attached hydrogens (tertiary/aromatic N) is 4. The number of hydrogen-bond acceptors (Lipinski definition) is 6. The van der Waals surface area contributed by atoms with Crippen molar-refractivity contribution in [3.05, 3.63) is 30.3 Å². The number of benzene rings is 1. The van der Waals surface area contributed by atoms with Gasteiger partial charge in [-0.05, 0) is 20.3 Å². The topological polar surface area (TPSA) is 85.2 Å². The van der Waals surface area contributed by atoms with Gasteiger partial charge in [-0.2, -0.15) is 0 Å². The second kappa shape index (κ2) is 8.02. The van der Waals surface area contributed by atoms with Crippen LogP contribution in [0.3, 0.4) is 0 Å². The highest BCUT2D eigenvalue weighted by atomic mass is 32.2. The van der Waals surface area contributed by atoms with Gasteiger partial charge in [0.2, 0.25) is 5.91 Å². The molecule has 1 amide bonds. The lowest BCUT2D eigenvalue weighted by Gasteiger charge is -2.29. The third-order valence-corrected chi connectivity index (χ3v) is 7.64. The first-order valence-electron chi connectivity index (χ1n) is 8.94. The average Bonchev–Trinajstić information content (AvgIpc) is 3.19. The zero-order valence-corrected chi connectivity index (χ0v) is 17.3. The Hall–Kier alpha value is -1.87. The van der Waals surface area contributed by atoms with Gasteiger partial charge < -0.3 is 9.47 Å². The fourth-order valence-electron chi connectivity index (χ4n) is 3.31. The molecular weight excluding hydrogens is 384 g/mol. The number of hydrogen-bond donors (Lipinski definition) is 0. The molecule has 146 valence electrons. The summed E-state index contributed by atoms with van der Waals surface area (Å²) >= 11 is 1.34. The Balaban J connectivity index is 1.72. The van der Waals surface area contributed by atoms with Crippen LogP contribution >= 0.6 is 11.8 Å². The van der Waals surface area contributed by atoms with Crippen molar-refractivity contribution in [2.75, 3.05) is 18.1 Å². The smallest absolute Gasteiger partial charge is 0.236 e. The number of thioether (sulfide) groups is 1. The van der Waals surface area contributed by atoms with Crippen molar-refractivity contribution in [2.24, 2.45) is 7.05 Å². The van der Waals surface area contributed by atoms with Gasteiger partial charge in [0.15, 0.2) is 20.8 Å². The highest BCUT2D eigenvalue weighted by molar-refractivity contribution is 8.00. The Morgan fingerprint density at radius 2 is 2.04 bits per heavy atom. The van der Waals surface area contributed by atoms with Crippen molar-refractivity contribution < 1.29 is 13.2 Å². The van der Waals surface area contributed by atoms with Crippen LogP contribution in [0.15, 0.2) is 35.5 Å². The molecule has 2 atom stereocenters. The molecule has 0 radical (unpaired) electrons. The molecule has 0 aliphatic carbocycles. The predicted molar refractivity (Wildman–Crippen MR) is 106 cm³/mol. The Kier molecular flexibility index (Phi) is 5.90. The number of sulfone groups is 1. The molecule has 1 aromatic carbocycles. The van der Waals surface area contributed by atoms with E-state index in [4.69, 9.17) is 0 Å². The van der Waals surface area contributed by atoms with E-state index in [1.54, 1.807) is 4.90 Å². The molecule has 1 aromatic heterocycles. The lowest BCUT2D eigenvalue weighted by molar-refractivity contribution is -0.131. The summed E-state index contributed by atoms with van der Waals surface area (Å²) in [5.41, 5.74) is 0.963. The highest BCUT2D eigenvalue weighted by Crippen LogP contribution is 2.28. The standard InChI is InChI=1S/C18H24N4O3S2/c1-4-22(15-10-11-27(24,25)12-15)17(23)13(2)26-18-20-19-16(21(18)3)14-8-6-5-7-9-14/h5-9,13,15H,4,10-12H2,1-3H3/t13-,15-/m1/s1. The molecule has 1 fully saturated rings. The van der Waals surface area contributed by atoms with Crippen molar-refractivity contribution >= 4 is 27.5 Å². The van der Waals surface area contributed by atoms with E-state index in [1.807, 2.05) is 55.8 Å². The zero-order valence-electron chi connectivity index (χ0n) is 15.7. The number of amides is 1. The van der Waals surface area contributed by atoms with Gasteiger partial charge in [0.1, 0.15) is 0 Å². The molecule has 0 saturated carbocycles. The Bertz CT molecular complexity index is 912. The molecule has 2 heterocycles. The fraction of sp³-hybridized carbons (Fsp3) is 0.500. The van der Waals surface area contributed by atoms with Crippen molar-refractivity contribution in [2.45, 2.75) is 36.7 Å². The van der Waals surface area contributed by atoms with Crippen LogP contribution in [0, 0.1) is 0 Å². The highest BCUT2D eigenvalue weighted by Gasteiger charge is 2.35. The van der Waals surface area contributed by atoms with Crippen LogP contribution in [0.5, 0.6) is 0 Å². The van der Waals surface area contributed by atoms with E-state index in [1.165, 1.54) is 11.8 Å². The van der Waals surface area contributed by atoms with E-state index in [-0.39, 0.29) is 28.7 Å². The van der Waals surface area contributed by atoms with Crippen LogP contribution in [0.4, 0.5) is 0 Å². The maximum Gasteiger partial charge on any atom is 0.236 e. The third kappa shape index (κ3) is 4.35. The summed E-state index contributed by atoms with van der Waals surface area (Å²) in [6, 6.07) is 9.53. The van der Waals surface area contributed by atoms with Gasteiger partial charge in [-0.3, -0.25) is 4.79 Å². The van der Waals surface area contributed by atoms with Gasteiger partial charge in [0.05, 0.1) is 16.8 Å². The van der Waals surface area contributed by atoms with Crippen LogP contribution < -0.4 is 0 Å². The van der Waals surface area contributed by atoms with Crippen LogP contribution in [0.2, 0.25) is 0 Å². The molecule has 1 aliphatic rings. The maximum atomic E-state index is 12.9. The molecule has 1 aliphatic heterocycles. The minimum absolute atomic E-state index is 0.0612. The van der Waals surface area contributed by atoms with Crippen molar-refractivity contribution in [1.29, 1.82) is 0 Å². The molecule has 7 nitrogen and oxygen atoms in total. The molecule has 0 unspecified atom stereocenters. The van der Waals surface area contributed by atoms with Crippen LogP contribution in [0.1, 0.15) is 20.3 Å². The van der Waals surface area contributed by atoms with Gasteiger partial charge in [-0.25, -0.2) is 8.42 Å². The lowest BCUT2D eigenvalue weighted by Crippen LogP contribution is -2.44. The van der Waals surface area contributed by atoms with E-state index in [2.05, 4.69) is 10.2 Å².